The van der Waals surface area contributed by atoms with E-state index >= 15 is 0 Å². The Bertz CT molecular complexity index is 667. The van der Waals surface area contributed by atoms with Crippen LogP contribution in [0.15, 0.2) is 42.5 Å². The van der Waals surface area contributed by atoms with Crippen molar-refractivity contribution in [2.45, 2.75) is 46.0 Å². The van der Waals surface area contributed by atoms with Gasteiger partial charge in [-0.05, 0) is 79.5 Å². The largest absolute Gasteiger partial charge is 0.330 e. The van der Waals surface area contributed by atoms with Gasteiger partial charge in [0, 0.05) is 0 Å². The molecule has 1 atom stereocenters. The Balaban J connectivity index is 1.81. The quantitative estimate of drug-likeness (QED) is 0.781. The molecule has 1 aliphatic rings. The number of likely N-dealkylation sites (tertiary alicyclic amines) is 1. The van der Waals surface area contributed by atoms with Crippen molar-refractivity contribution in [1.82, 2.24) is 4.90 Å². The third-order valence-electron chi connectivity index (χ3n) is 6.43. The number of nitrogens with two attached hydrogens (primary N) is 1. The van der Waals surface area contributed by atoms with Crippen LogP contribution in [-0.2, 0) is 6.42 Å². The van der Waals surface area contributed by atoms with Gasteiger partial charge in [-0.3, -0.25) is 0 Å². The van der Waals surface area contributed by atoms with E-state index in [2.05, 4.69) is 61.2 Å². The van der Waals surface area contributed by atoms with Gasteiger partial charge in [-0.1, -0.05) is 62.7 Å². The predicted octanol–water partition coefficient (Wildman–Crippen LogP) is 4.86. The Morgan fingerprint density at radius 2 is 1.72 bits per heavy atom. The molecule has 0 radical (unpaired) electrons. The van der Waals surface area contributed by atoms with Crippen LogP contribution in [-0.4, -0.2) is 31.1 Å². The molecule has 2 heteroatoms. The monoisotopic (exact) mass is 338 g/mol. The van der Waals surface area contributed by atoms with Crippen LogP contribution in [0.4, 0.5) is 0 Å². The molecule has 1 unspecified atom stereocenters. The van der Waals surface area contributed by atoms with Crippen LogP contribution in [0.5, 0.6) is 0 Å². The number of benzene rings is 2. The van der Waals surface area contributed by atoms with E-state index in [-0.39, 0.29) is 5.41 Å². The van der Waals surface area contributed by atoms with Gasteiger partial charge in [0.1, 0.15) is 0 Å². The normalized spacial score (nSPS) is 18.6. The smallest absolute Gasteiger partial charge is 0.00128 e. The molecule has 0 bridgehead atoms. The highest BCUT2D eigenvalue weighted by atomic mass is 15.1. The number of hydrogen-bond acceptors (Lipinski definition) is 2. The maximum atomic E-state index is 6.40. The van der Waals surface area contributed by atoms with E-state index in [9.17, 15) is 0 Å². The lowest BCUT2D eigenvalue weighted by Crippen LogP contribution is -2.42. The van der Waals surface area contributed by atoms with Gasteiger partial charge in [0.05, 0.1) is 0 Å². The van der Waals surface area contributed by atoms with Gasteiger partial charge in [0.15, 0.2) is 0 Å². The van der Waals surface area contributed by atoms with Crippen molar-refractivity contribution in [1.29, 1.82) is 0 Å². The molecular weight excluding hydrogens is 304 g/mol. The van der Waals surface area contributed by atoms with Gasteiger partial charge in [0.2, 0.25) is 0 Å². The van der Waals surface area contributed by atoms with Crippen molar-refractivity contribution >= 4 is 10.8 Å². The molecule has 25 heavy (non-hydrogen) atoms. The summed E-state index contributed by atoms with van der Waals surface area (Å²) >= 11 is 0. The minimum Gasteiger partial charge on any atom is -0.330 e. The van der Waals surface area contributed by atoms with Gasteiger partial charge in [-0.2, -0.15) is 0 Å². The molecule has 136 valence electrons. The number of nitrogens with zero attached hydrogens (tertiary/aromatic N) is 1. The number of fused-ring (bicyclic) bond motifs is 1. The van der Waals surface area contributed by atoms with E-state index in [1.807, 2.05) is 0 Å². The Hall–Kier alpha value is -1.38. The second-order valence-electron chi connectivity index (χ2n) is 8.19. The maximum absolute atomic E-state index is 6.40. The topological polar surface area (TPSA) is 29.3 Å². The average Bonchev–Trinajstić information content (AvgIpc) is 2.66. The summed E-state index contributed by atoms with van der Waals surface area (Å²) in [5.41, 5.74) is 8.03. The molecule has 0 aromatic heterocycles. The Morgan fingerprint density at radius 1 is 1.00 bits per heavy atom. The lowest BCUT2D eigenvalue weighted by Gasteiger charge is -2.39. The fourth-order valence-electron chi connectivity index (χ4n) is 4.38. The molecule has 1 fully saturated rings. The van der Waals surface area contributed by atoms with E-state index in [1.165, 1.54) is 61.7 Å². The average molecular weight is 339 g/mol. The molecule has 2 aromatic carbocycles. The summed E-state index contributed by atoms with van der Waals surface area (Å²) < 4.78 is 0. The first kappa shape index (κ1) is 18.4. The number of piperidine rings is 1. The molecule has 2 nitrogen and oxygen atoms in total. The zero-order chi connectivity index (χ0) is 17.7. The highest BCUT2D eigenvalue weighted by Crippen LogP contribution is 2.37. The van der Waals surface area contributed by atoms with E-state index in [0.29, 0.717) is 5.92 Å². The summed E-state index contributed by atoms with van der Waals surface area (Å²) in [6.07, 6.45) is 6.40. The Morgan fingerprint density at radius 3 is 2.44 bits per heavy atom. The van der Waals surface area contributed by atoms with E-state index in [0.717, 1.165) is 13.0 Å². The molecule has 1 heterocycles. The highest BCUT2D eigenvalue weighted by Gasteiger charge is 2.33. The summed E-state index contributed by atoms with van der Waals surface area (Å²) in [6.45, 7) is 9.21. The molecule has 3 rings (SSSR count). The first-order valence-corrected chi connectivity index (χ1v) is 10.0. The summed E-state index contributed by atoms with van der Waals surface area (Å²) in [7, 11) is 0. The minimum atomic E-state index is 0.182. The van der Waals surface area contributed by atoms with Crippen molar-refractivity contribution in [2.75, 3.05) is 26.2 Å². The molecule has 0 spiro atoms. The van der Waals surface area contributed by atoms with Crippen LogP contribution in [0.2, 0.25) is 0 Å². The van der Waals surface area contributed by atoms with Crippen molar-refractivity contribution in [3.63, 3.8) is 0 Å². The van der Waals surface area contributed by atoms with Crippen LogP contribution in [0.3, 0.4) is 0 Å². The summed E-state index contributed by atoms with van der Waals surface area (Å²) in [5, 5.41) is 2.73. The molecule has 2 aromatic rings. The van der Waals surface area contributed by atoms with Crippen LogP contribution in [0.1, 0.15) is 45.1 Å². The van der Waals surface area contributed by atoms with Gasteiger partial charge < -0.3 is 10.6 Å². The second kappa shape index (κ2) is 8.33. The molecule has 2 N–H and O–H groups in total. The minimum absolute atomic E-state index is 0.182. The van der Waals surface area contributed by atoms with E-state index in [1.54, 1.807) is 0 Å². The molecule has 0 amide bonds. The van der Waals surface area contributed by atoms with Crippen LogP contribution in [0, 0.1) is 11.3 Å². The summed E-state index contributed by atoms with van der Waals surface area (Å²) in [6, 6.07) is 15.5. The van der Waals surface area contributed by atoms with Gasteiger partial charge in [-0.15, -0.1) is 0 Å². The third-order valence-corrected chi connectivity index (χ3v) is 6.43. The van der Waals surface area contributed by atoms with Crippen molar-refractivity contribution in [3.8, 4) is 0 Å². The fraction of sp³-hybridized carbons (Fsp3) is 0.565. The molecule has 0 saturated carbocycles. The van der Waals surface area contributed by atoms with E-state index in [4.69, 9.17) is 5.73 Å². The lowest BCUT2D eigenvalue weighted by molar-refractivity contribution is 0.132. The standard InChI is InChI=1S/C23H34N2/c1-19(2)23(18-24,13-16-25-14-6-3-7-15-25)17-21-11-8-10-20-9-4-5-12-22(20)21/h4-5,8-12,19H,3,6-7,13-18,24H2,1-2H3. The summed E-state index contributed by atoms with van der Waals surface area (Å²) in [5.74, 6) is 0.584. The van der Waals surface area contributed by atoms with Crippen molar-refractivity contribution in [3.05, 3.63) is 48.0 Å². The van der Waals surface area contributed by atoms with Crippen LogP contribution in [0.25, 0.3) is 10.8 Å². The van der Waals surface area contributed by atoms with Gasteiger partial charge >= 0.3 is 0 Å². The van der Waals surface area contributed by atoms with Crippen LogP contribution < -0.4 is 5.73 Å². The van der Waals surface area contributed by atoms with Crippen LogP contribution >= 0.6 is 0 Å². The van der Waals surface area contributed by atoms with Gasteiger partial charge in [0.25, 0.3) is 0 Å². The molecule has 1 aliphatic heterocycles. The maximum Gasteiger partial charge on any atom is -0.00128 e. The Kier molecular flexibility index (Phi) is 6.14. The summed E-state index contributed by atoms with van der Waals surface area (Å²) in [4.78, 5) is 2.65. The zero-order valence-electron chi connectivity index (χ0n) is 16.0. The highest BCUT2D eigenvalue weighted by molar-refractivity contribution is 5.85. The number of hydrogen-bond donors (Lipinski definition) is 1. The fourth-order valence-corrected chi connectivity index (χ4v) is 4.38. The van der Waals surface area contributed by atoms with Gasteiger partial charge in [-0.25, -0.2) is 0 Å². The lowest BCUT2D eigenvalue weighted by atomic mass is 9.69. The first-order valence-electron chi connectivity index (χ1n) is 10.0. The van der Waals surface area contributed by atoms with Crippen molar-refractivity contribution < 1.29 is 0 Å². The third kappa shape index (κ3) is 4.24. The SMILES string of the molecule is CC(C)C(CN)(CCN1CCCCC1)Cc1cccc2ccccc12. The molecular formula is C23H34N2. The first-order chi connectivity index (χ1) is 12.1. The second-order valence-corrected chi connectivity index (χ2v) is 8.19. The molecule has 1 saturated heterocycles. The zero-order valence-corrected chi connectivity index (χ0v) is 16.0. The Labute approximate surface area is 153 Å². The molecule has 0 aliphatic carbocycles. The predicted molar refractivity (Wildman–Crippen MR) is 109 cm³/mol. The van der Waals surface area contributed by atoms with Crippen molar-refractivity contribution in [2.24, 2.45) is 17.1 Å². The van der Waals surface area contributed by atoms with E-state index < -0.39 is 0 Å². The number of rotatable bonds is 7.